The van der Waals surface area contributed by atoms with Crippen LogP contribution in [0.2, 0.25) is 0 Å². The zero-order chi connectivity index (χ0) is 18.5. The lowest BCUT2D eigenvalue weighted by Crippen LogP contribution is -2.32. The first kappa shape index (κ1) is 20.2. The van der Waals surface area contributed by atoms with Gasteiger partial charge >= 0.3 is 12.1 Å². The van der Waals surface area contributed by atoms with Crippen LogP contribution in [0.1, 0.15) is 53.9 Å². The van der Waals surface area contributed by atoms with Gasteiger partial charge in [0, 0.05) is 12.0 Å². The van der Waals surface area contributed by atoms with Gasteiger partial charge in [0.1, 0.15) is 12.6 Å². The summed E-state index contributed by atoms with van der Waals surface area (Å²) < 4.78 is 5.40. The lowest BCUT2D eigenvalue weighted by Gasteiger charge is -2.28. The normalized spacial score (nSPS) is 17.9. The molecule has 0 heterocycles. The number of nitrogens with two attached hydrogens (primary N) is 1. The minimum Gasteiger partial charge on any atom is -0.480 e. The summed E-state index contributed by atoms with van der Waals surface area (Å²) in [5, 5.41) is 11.4. The second kappa shape index (κ2) is 8.33. The number of aliphatic carboxylic acids is 1. The number of unbranched alkanes of at least 4 members (excludes halogenated alkanes) is 1. The predicted octanol–water partition coefficient (Wildman–Crippen LogP) is 2.99. The summed E-state index contributed by atoms with van der Waals surface area (Å²) in [6, 6.07) is -0.838. The van der Waals surface area contributed by atoms with Crippen molar-refractivity contribution in [2.75, 3.05) is 13.2 Å². The molecule has 1 aliphatic carbocycles. The minimum atomic E-state index is -0.996. The number of ether oxygens (including phenoxy) is 1. The van der Waals surface area contributed by atoms with Crippen molar-refractivity contribution in [3.05, 3.63) is 22.3 Å². The van der Waals surface area contributed by atoms with Gasteiger partial charge in [-0.1, -0.05) is 11.1 Å². The summed E-state index contributed by atoms with van der Waals surface area (Å²) in [6.07, 6.45) is 1.27. The lowest BCUT2D eigenvalue weighted by atomic mass is 9.80. The number of carboxylic acid groups (broad SMARTS) is 1. The topological polar surface area (TPSA) is 102 Å². The summed E-state index contributed by atoms with van der Waals surface area (Å²) in [5.41, 5.74) is 10.2. The number of allylic oxidation sites excluding steroid dienone is 2. The molecule has 0 radical (unpaired) electrons. The van der Waals surface area contributed by atoms with E-state index in [0.29, 0.717) is 32.4 Å². The molecule has 1 aliphatic rings. The van der Waals surface area contributed by atoms with Crippen LogP contribution in [0.4, 0.5) is 4.79 Å². The SMILES string of the molecule is CC1=C(C)C(C)(COC(=O)NCCCC[C@H](N)C(=O)O)C(C)=C1C. The van der Waals surface area contributed by atoms with E-state index >= 15 is 0 Å². The van der Waals surface area contributed by atoms with Crippen LogP contribution in [0, 0.1) is 5.41 Å². The van der Waals surface area contributed by atoms with Gasteiger partial charge in [0.05, 0.1) is 0 Å². The number of nitrogens with one attached hydrogen (secondary N) is 1. The van der Waals surface area contributed by atoms with Crippen molar-refractivity contribution in [1.29, 1.82) is 0 Å². The molecule has 0 fully saturated rings. The Kier molecular flexibility index (Phi) is 7.02. The standard InChI is InChI=1S/C18H30N2O4/c1-11-12(2)14(4)18(5,13(11)3)10-24-17(23)20-9-7-6-8-15(19)16(21)22/h15H,6-10,19H2,1-5H3,(H,20,23)(H,21,22)/t15-/m0/s1. The van der Waals surface area contributed by atoms with Gasteiger partial charge < -0.3 is 20.9 Å². The Labute approximate surface area is 144 Å². The van der Waals surface area contributed by atoms with Gasteiger partial charge in [-0.05, 0) is 65.0 Å². The van der Waals surface area contributed by atoms with Crippen molar-refractivity contribution >= 4 is 12.1 Å². The molecule has 0 aromatic carbocycles. The lowest BCUT2D eigenvalue weighted by molar-refractivity contribution is -0.138. The Morgan fingerprint density at radius 1 is 1.17 bits per heavy atom. The molecule has 6 heteroatoms. The van der Waals surface area contributed by atoms with Gasteiger partial charge in [0.2, 0.25) is 0 Å². The fraction of sp³-hybridized carbons (Fsp3) is 0.667. The highest BCUT2D eigenvalue weighted by atomic mass is 16.5. The third-order valence-electron chi connectivity index (χ3n) is 5.36. The molecule has 24 heavy (non-hydrogen) atoms. The summed E-state index contributed by atoms with van der Waals surface area (Å²) in [6.45, 7) is 11.2. The second-order valence-corrected chi connectivity index (χ2v) is 6.78. The van der Waals surface area contributed by atoms with Gasteiger partial charge in [-0.15, -0.1) is 0 Å². The van der Waals surface area contributed by atoms with Gasteiger partial charge in [0.25, 0.3) is 0 Å². The zero-order valence-electron chi connectivity index (χ0n) is 15.4. The van der Waals surface area contributed by atoms with E-state index in [1.807, 2.05) is 0 Å². The van der Waals surface area contributed by atoms with Crippen molar-refractivity contribution in [1.82, 2.24) is 5.32 Å². The first-order valence-corrected chi connectivity index (χ1v) is 8.36. The van der Waals surface area contributed by atoms with E-state index < -0.39 is 18.1 Å². The smallest absolute Gasteiger partial charge is 0.407 e. The van der Waals surface area contributed by atoms with Crippen LogP contribution in [0.3, 0.4) is 0 Å². The van der Waals surface area contributed by atoms with Gasteiger partial charge in [-0.3, -0.25) is 4.79 Å². The maximum absolute atomic E-state index is 11.8. The molecule has 0 bridgehead atoms. The Morgan fingerprint density at radius 3 is 2.21 bits per heavy atom. The predicted molar refractivity (Wildman–Crippen MR) is 93.7 cm³/mol. The number of hydrogen-bond donors (Lipinski definition) is 3. The summed E-state index contributed by atoms with van der Waals surface area (Å²) >= 11 is 0. The molecule has 6 nitrogen and oxygen atoms in total. The maximum atomic E-state index is 11.8. The highest BCUT2D eigenvalue weighted by molar-refractivity contribution is 5.72. The van der Waals surface area contributed by atoms with Crippen LogP contribution < -0.4 is 11.1 Å². The summed E-state index contributed by atoms with van der Waals surface area (Å²) in [7, 11) is 0. The molecule has 1 rings (SSSR count). The van der Waals surface area contributed by atoms with Crippen LogP contribution in [-0.4, -0.2) is 36.4 Å². The number of amides is 1. The third kappa shape index (κ3) is 4.60. The largest absolute Gasteiger partial charge is 0.480 e. The first-order chi connectivity index (χ1) is 11.1. The van der Waals surface area contributed by atoms with Gasteiger partial charge in [0.15, 0.2) is 0 Å². The van der Waals surface area contributed by atoms with Crippen LogP contribution >= 0.6 is 0 Å². The molecule has 136 valence electrons. The second-order valence-electron chi connectivity index (χ2n) is 6.78. The molecule has 0 saturated carbocycles. The molecule has 0 saturated heterocycles. The quantitative estimate of drug-likeness (QED) is 0.591. The van der Waals surface area contributed by atoms with Crippen molar-refractivity contribution in [2.45, 2.75) is 59.9 Å². The van der Waals surface area contributed by atoms with E-state index in [1.165, 1.54) is 22.3 Å². The van der Waals surface area contributed by atoms with E-state index in [1.54, 1.807) is 0 Å². The molecular formula is C18H30N2O4. The molecule has 4 N–H and O–H groups in total. The van der Waals surface area contributed by atoms with Crippen LogP contribution in [-0.2, 0) is 9.53 Å². The maximum Gasteiger partial charge on any atom is 0.407 e. The van der Waals surface area contributed by atoms with Crippen molar-refractivity contribution in [3.8, 4) is 0 Å². The average molecular weight is 338 g/mol. The van der Waals surface area contributed by atoms with Crippen molar-refractivity contribution < 1.29 is 19.4 Å². The fourth-order valence-corrected chi connectivity index (χ4v) is 2.95. The number of alkyl carbamates (subject to hydrolysis) is 1. The van der Waals surface area contributed by atoms with E-state index in [4.69, 9.17) is 15.6 Å². The van der Waals surface area contributed by atoms with E-state index in [0.717, 1.165) is 0 Å². The molecule has 0 unspecified atom stereocenters. The third-order valence-corrected chi connectivity index (χ3v) is 5.36. The summed E-state index contributed by atoms with van der Waals surface area (Å²) in [5.74, 6) is -0.996. The van der Waals surface area contributed by atoms with Crippen LogP contribution in [0.5, 0.6) is 0 Å². The number of carbonyl (C=O) groups is 2. The number of carboxylic acids is 1. The fourth-order valence-electron chi connectivity index (χ4n) is 2.95. The van der Waals surface area contributed by atoms with Gasteiger partial charge in [-0.25, -0.2) is 4.79 Å². The highest BCUT2D eigenvalue weighted by Gasteiger charge is 2.37. The molecular weight excluding hydrogens is 308 g/mol. The Bertz CT molecular complexity index is 539. The van der Waals surface area contributed by atoms with Crippen LogP contribution in [0.15, 0.2) is 22.3 Å². The molecule has 1 amide bonds. The number of carbonyl (C=O) groups excluding carboxylic acids is 1. The number of rotatable bonds is 8. The monoisotopic (exact) mass is 338 g/mol. The van der Waals surface area contributed by atoms with Gasteiger partial charge in [-0.2, -0.15) is 0 Å². The minimum absolute atomic E-state index is 0.236. The molecule has 0 aromatic rings. The Balaban J connectivity index is 2.34. The van der Waals surface area contributed by atoms with E-state index in [9.17, 15) is 9.59 Å². The average Bonchev–Trinajstić information content (AvgIpc) is 2.68. The van der Waals surface area contributed by atoms with Crippen molar-refractivity contribution in [3.63, 3.8) is 0 Å². The molecule has 1 atom stereocenters. The van der Waals surface area contributed by atoms with Crippen molar-refractivity contribution in [2.24, 2.45) is 11.1 Å². The number of hydrogen-bond acceptors (Lipinski definition) is 4. The summed E-state index contributed by atoms with van der Waals surface area (Å²) in [4.78, 5) is 22.4. The molecule has 0 aliphatic heterocycles. The van der Waals surface area contributed by atoms with Crippen LogP contribution in [0.25, 0.3) is 0 Å². The Hall–Kier alpha value is -1.82. The Morgan fingerprint density at radius 2 is 1.71 bits per heavy atom. The molecule has 0 aromatic heterocycles. The zero-order valence-corrected chi connectivity index (χ0v) is 15.4. The highest BCUT2D eigenvalue weighted by Crippen LogP contribution is 2.46. The first-order valence-electron chi connectivity index (χ1n) is 8.36. The van der Waals surface area contributed by atoms with E-state index in [-0.39, 0.29) is 5.41 Å². The van der Waals surface area contributed by atoms with E-state index in [2.05, 4.69) is 39.9 Å². The molecule has 0 spiro atoms.